The summed E-state index contributed by atoms with van der Waals surface area (Å²) in [6.07, 6.45) is 5.33. The van der Waals surface area contributed by atoms with Crippen molar-refractivity contribution >= 4 is 0 Å². The van der Waals surface area contributed by atoms with Crippen molar-refractivity contribution in [2.75, 3.05) is 6.54 Å². The highest BCUT2D eigenvalue weighted by molar-refractivity contribution is 5.29. The molecule has 0 aromatic carbocycles. The van der Waals surface area contributed by atoms with E-state index in [0.29, 0.717) is 6.04 Å². The van der Waals surface area contributed by atoms with Crippen molar-refractivity contribution in [3.05, 3.63) is 17.0 Å². The zero-order valence-electron chi connectivity index (χ0n) is 11.6. The molecule has 3 heteroatoms. The van der Waals surface area contributed by atoms with E-state index in [1.165, 1.54) is 42.6 Å². The first-order valence-corrected chi connectivity index (χ1v) is 6.88. The Bertz CT molecular complexity index is 377. The zero-order valence-corrected chi connectivity index (χ0v) is 11.6. The summed E-state index contributed by atoms with van der Waals surface area (Å²) in [4.78, 5) is 0. The molecule has 0 spiro atoms. The number of hydrogen-bond donors (Lipinski definition) is 1. The van der Waals surface area contributed by atoms with Gasteiger partial charge in [0, 0.05) is 24.3 Å². The largest absolute Gasteiger partial charge is 0.310 e. The van der Waals surface area contributed by atoms with E-state index in [2.05, 4.69) is 31.2 Å². The van der Waals surface area contributed by atoms with E-state index in [1.807, 2.05) is 11.7 Å². The number of aromatic nitrogens is 2. The average molecular weight is 235 g/mol. The van der Waals surface area contributed by atoms with Gasteiger partial charge in [-0.1, -0.05) is 13.3 Å². The molecular formula is C14H25N3. The second kappa shape index (κ2) is 5.21. The van der Waals surface area contributed by atoms with Crippen LogP contribution in [0.2, 0.25) is 0 Å². The van der Waals surface area contributed by atoms with Crippen LogP contribution in [0.4, 0.5) is 0 Å². The van der Waals surface area contributed by atoms with Crippen LogP contribution in [0.15, 0.2) is 0 Å². The van der Waals surface area contributed by atoms with Crippen molar-refractivity contribution in [2.24, 2.45) is 13.0 Å². The molecule has 1 atom stereocenters. The Hall–Kier alpha value is -0.830. The van der Waals surface area contributed by atoms with Crippen LogP contribution in [0.25, 0.3) is 0 Å². The normalized spacial score (nSPS) is 18.1. The highest BCUT2D eigenvalue weighted by atomic mass is 15.3. The summed E-state index contributed by atoms with van der Waals surface area (Å²) < 4.78 is 2.02. The molecule has 0 saturated heterocycles. The monoisotopic (exact) mass is 235 g/mol. The molecule has 1 aliphatic carbocycles. The maximum atomic E-state index is 4.56. The molecule has 0 radical (unpaired) electrons. The van der Waals surface area contributed by atoms with Gasteiger partial charge in [-0.2, -0.15) is 5.10 Å². The van der Waals surface area contributed by atoms with Gasteiger partial charge in [0.2, 0.25) is 0 Å². The third-order valence-corrected chi connectivity index (χ3v) is 4.11. The minimum atomic E-state index is 0.525. The van der Waals surface area contributed by atoms with Crippen LogP contribution in [0.1, 0.15) is 55.6 Å². The molecular weight excluding hydrogens is 210 g/mol. The molecule has 0 bridgehead atoms. The van der Waals surface area contributed by atoms with Gasteiger partial charge < -0.3 is 5.32 Å². The number of nitrogens with zero attached hydrogens (tertiary/aromatic N) is 2. The molecule has 2 rings (SSSR count). The van der Waals surface area contributed by atoms with Crippen LogP contribution < -0.4 is 5.32 Å². The topological polar surface area (TPSA) is 29.9 Å². The van der Waals surface area contributed by atoms with Crippen LogP contribution in [-0.4, -0.2) is 16.3 Å². The molecule has 0 aliphatic heterocycles. The van der Waals surface area contributed by atoms with E-state index in [0.717, 1.165) is 12.5 Å². The summed E-state index contributed by atoms with van der Waals surface area (Å²) >= 11 is 0. The quantitative estimate of drug-likeness (QED) is 0.850. The molecule has 1 aromatic heterocycles. The average Bonchev–Trinajstić information content (AvgIpc) is 2.46. The van der Waals surface area contributed by atoms with Crippen molar-refractivity contribution in [1.82, 2.24) is 15.1 Å². The molecule has 1 heterocycles. The maximum Gasteiger partial charge on any atom is 0.0644 e. The molecule has 1 saturated carbocycles. The van der Waals surface area contributed by atoms with Crippen molar-refractivity contribution in [1.29, 1.82) is 0 Å². The molecule has 1 unspecified atom stereocenters. The summed E-state index contributed by atoms with van der Waals surface area (Å²) in [5, 5.41) is 8.29. The molecule has 1 aliphatic rings. The molecule has 0 amide bonds. The van der Waals surface area contributed by atoms with Gasteiger partial charge >= 0.3 is 0 Å². The Balaban J connectivity index is 2.23. The standard InChI is InChI=1S/C14H25N3/c1-5-9-15-14(12-7-6-8-12)13-10(2)16-17(4)11(13)3/h12,14-15H,5-9H2,1-4H3. The molecule has 1 aromatic rings. The first kappa shape index (κ1) is 12.6. The molecule has 1 fully saturated rings. The van der Waals surface area contributed by atoms with Gasteiger partial charge in [-0.25, -0.2) is 0 Å². The minimum Gasteiger partial charge on any atom is -0.310 e. The first-order chi connectivity index (χ1) is 8.15. The molecule has 1 N–H and O–H groups in total. The van der Waals surface area contributed by atoms with Crippen LogP contribution in [-0.2, 0) is 7.05 Å². The number of hydrogen-bond acceptors (Lipinski definition) is 2. The van der Waals surface area contributed by atoms with Crippen molar-refractivity contribution in [2.45, 2.75) is 52.5 Å². The van der Waals surface area contributed by atoms with Gasteiger partial charge in [-0.3, -0.25) is 4.68 Å². The molecule has 3 nitrogen and oxygen atoms in total. The Labute approximate surface area is 105 Å². The lowest BCUT2D eigenvalue weighted by Gasteiger charge is -2.35. The smallest absolute Gasteiger partial charge is 0.0644 e. The third-order valence-electron chi connectivity index (χ3n) is 4.11. The van der Waals surface area contributed by atoms with Gasteiger partial charge in [0.15, 0.2) is 0 Å². The van der Waals surface area contributed by atoms with E-state index in [9.17, 15) is 0 Å². The second-order valence-corrected chi connectivity index (χ2v) is 5.33. The Morgan fingerprint density at radius 3 is 2.53 bits per heavy atom. The third kappa shape index (κ3) is 2.39. The summed E-state index contributed by atoms with van der Waals surface area (Å²) in [6, 6.07) is 0.525. The lowest BCUT2D eigenvalue weighted by atomic mass is 9.76. The Kier molecular flexibility index (Phi) is 3.87. The Morgan fingerprint density at radius 2 is 2.12 bits per heavy atom. The highest BCUT2D eigenvalue weighted by Crippen LogP contribution is 2.39. The maximum absolute atomic E-state index is 4.56. The van der Waals surface area contributed by atoms with Crippen LogP contribution >= 0.6 is 0 Å². The minimum absolute atomic E-state index is 0.525. The van der Waals surface area contributed by atoms with Gasteiger partial charge in [0.05, 0.1) is 5.69 Å². The van der Waals surface area contributed by atoms with Crippen molar-refractivity contribution in [3.8, 4) is 0 Å². The predicted octanol–water partition coefficient (Wildman–Crippen LogP) is 2.88. The van der Waals surface area contributed by atoms with Crippen LogP contribution in [0.5, 0.6) is 0 Å². The van der Waals surface area contributed by atoms with Gasteiger partial charge in [-0.15, -0.1) is 0 Å². The van der Waals surface area contributed by atoms with E-state index in [1.54, 1.807) is 0 Å². The lowest BCUT2D eigenvalue weighted by molar-refractivity contribution is 0.230. The van der Waals surface area contributed by atoms with Crippen molar-refractivity contribution < 1.29 is 0 Å². The summed E-state index contributed by atoms with van der Waals surface area (Å²) in [5.74, 6) is 0.822. The molecule has 96 valence electrons. The van der Waals surface area contributed by atoms with E-state index < -0.39 is 0 Å². The van der Waals surface area contributed by atoms with E-state index >= 15 is 0 Å². The highest BCUT2D eigenvalue weighted by Gasteiger charge is 2.31. The fourth-order valence-corrected chi connectivity index (χ4v) is 2.82. The number of nitrogens with one attached hydrogen (secondary N) is 1. The zero-order chi connectivity index (χ0) is 12.4. The van der Waals surface area contributed by atoms with Crippen molar-refractivity contribution in [3.63, 3.8) is 0 Å². The summed E-state index contributed by atoms with van der Waals surface area (Å²) in [6.45, 7) is 7.67. The second-order valence-electron chi connectivity index (χ2n) is 5.33. The summed E-state index contributed by atoms with van der Waals surface area (Å²) in [7, 11) is 2.05. The molecule has 17 heavy (non-hydrogen) atoms. The predicted molar refractivity (Wildman–Crippen MR) is 71.1 cm³/mol. The summed E-state index contributed by atoms with van der Waals surface area (Å²) in [5.41, 5.74) is 3.97. The van der Waals surface area contributed by atoms with Gasteiger partial charge in [0.1, 0.15) is 0 Å². The van der Waals surface area contributed by atoms with Gasteiger partial charge in [-0.05, 0) is 45.6 Å². The SMILES string of the molecule is CCCNC(c1c(C)nn(C)c1C)C1CCC1. The first-order valence-electron chi connectivity index (χ1n) is 6.88. The number of aryl methyl sites for hydroxylation is 2. The Morgan fingerprint density at radius 1 is 1.41 bits per heavy atom. The lowest BCUT2D eigenvalue weighted by Crippen LogP contribution is -2.33. The number of rotatable bonds is 5. The van der Waals surface area contributed by atoms with Crippen LogP contribution in [0.3, 0.4) is 0 Å². The van der Waals surface area contributed by atoms with Gasteiger partial charge in [0.25, 0.3) is 0 Å². The fourth-order valence-electron chi connectivity index (χ4n) is 2.82. The van der Waals surface area contributed by atoms with E-state index in [-0.39, 0.29) is 0 Å². The fraction of sp³-hybridized carbons (Fsp3) is 0.786. The van der Waals surface area contributed by atoms with E-state index in [4.69, 9.17) is 0 Å². The van der Waals surface area contributed by atoms with Crippen LogP contribution in [0, 0.1) is 19.8 Å².